The smallest absolute Gasteiger partial charge is 0.165 e. The number of hydrogen-bond donors (Lipinski definition) is 0. The molecule has 0 saturated carbocycles. The maximum absolute atomic E-state index is 11.5. The Bertz CT molecular complexity index is 322. The van der Waals surface area contributed by atoms with Gasteiger partial charge in [0.05, 0.1) is 5.70 Å². The van der Waals surface area contributed by atoms with Gasteiger partial charge in [-0.1, -0.05) is 24.5 Å². The first kappa shape index (κ1) is 9.81. The normalized spacial score (nSPS) is 21.3. The van der Waals surface area contributed by atoms with Crippen molar-refractivity contribution in [1.82, 2.24) is 0 Å². The molecule has 0 aromatic heterocycles. The average molecular weight is 179 g/mol. The number of hydrogen-bond acceptors (Lipinski definition) is 2. The van der Waals surface area contributed by atoms with E-state index in [9.17, 15) is 4.79 Å². The van der Waals surface area contributed by atoms with Crippen LogP contribution in [-0.2, 0) is 4.79 Å². The SMILES string of the molecule is CC1=C(N=[N+]=[N-])C(=O)CC(C)(C)C1. The minimum atomic E-state index is -0.0356. The standard InChI is InChI=1S/C9H13N3O/c1-6-4-9(2,3)5-7(13)8(6)11-12-10/h4-5H2,1-3H3. The van der Waals surface area contributed by atoms with E-state index in [0.717, 1.165) is 12.0 Å². The Kier molecular flexibility index (Phi) is 2.43. The van der Waals surface area contributed by atoms with E-state index in [1.165, 1.54) is 0 Å². The molecule has 0 radical (unpaired) electrons. The number of carbonyl (C=O) groups excluding carboxylic acids is 1. The summed E-state index contributed by atoms with van der Waals surface area (Å²) in [5.41, 5.74) is 9.49. The second-order valence-electron chi connectivity index (χ2n) is 4.26. The molecule has 4 heteroatoms. The van der Waals surface area contributed by atoms with Crippen LogP contribution in [0.15, 0.2) is 16.4 Å². The van der Waals surface area contributed by atoms with Crippen molar-refractivity contribution in [2.24, 2.45) is 10.5 Å². The number of nitrogens with zero attached hydrogens (tertiary/aromatic N) is 3. The van der Waals surface area contributed by atoms with Crippen LogP contribution in [0.4, 0.5) is 0 Å². The summed E-state index contributed by atoms with van der Waals surface area (Å²) in [7, 11) is 0. The molecule has 0 aromatic carbocycles. The predicted molar refractivity (Wildman–Crippen MR) is 49.9 cm³/mol. The van der Waals surface area contributed by atoms with E-state index < -0.39 is 0 Å². The van der Waals surface area contributed by atoms with Crippen LogP contribution in [0.1, 0.15) is 33.6 Å². The van der Waals surface area contributed by atoms with Crippen molar-refractivity contribution in [3.8, 4) is 0 Å². The number of carbonyl (C=O) groups is 1. The van der Waals surface area contributed by atoms with E-state index in [1.807, 2.05) is 20.8 Å². The highest BCUT2D eigenvalue weighted by Gasteiger charge is 2.30. The molecule has 70 valence electrons. The zero-order valence-corrected chi connectivity index (χ0v) is 8.16. The van der Waals surface area contributed by atoms with Gasteiger partial charge >= 0.3 is 0 Å². The maximum atomic E-state index is 11.5. The third kappa shape index (κ3) is 2.10. The molecule has 0 N–H and O–H groups in total. The number of allylic oxidation sites excluding steroid dienone is 2. The van der Waals surface area contributed by atoms with Crippen LogP contribution in [0.5, 0.6) is 0 Å². The largest absolute Gasteiger partial charge is 0.294 e. The molecular weight excluding hydrogens is 166 g/mol. The van der Waals surface area contributed by atoms with Crippen molar-refractivity contribution in [1.29, 1.82) is 0 Å². The van der Waals surface area contributed by atoms with Crippen LogP contribution in [0.25, 0.3) is 10.4 Å². The van der Waals surface area contributed by atoms with Crippen molar-refractivity contribution in [2.75, 3.05) is 0 Å². The molecule has 0 spiro atoms. The van der Waals surface area contributed by atoms with Crippen LogP contribution in [0, 0.1) is 5.41 Å². The van der Waals surface area contributed by atoms with E-state index in [-0.39, 0.29) is 11.2 Å². The Morgan fingerprint density at radius 2 is 2.08 bits per heavy atom. The highest BCUT2D eigenvalue weighted by Crippen LogP contribution is 2.36. The van der Waals surface area contributed by atoms with E-state index >= 15 is 0 Å². The minimum absolute atomic E-state index is 0.00957. The summed E-state index contributed by atoms with van der Waals surface area (Å²) in [5, 5.41) is 3.42. The average Bonchev–Trinajstić information content (AvgIpc) is 1.94. The number of Topliss-reactive ketones (excluding diaryl/α,β-unsaturated/α-hetero) is 1. The molecule has 0 saturated heterocycles. The highest BCUT2D eigenvalue weighted by atomic mass is 16.1. The van der Waals surface area contributed by atoms with E-state index in [4.69, 9.17) is 5.53 Å². The summed E-state index contributed by atoms with van der Waals surface area (Å²) in [4.78, 5) is 14.1. The summed E-state index contributed by atoms with van der Waals surface area (Å²) < 4.78 is 0. The Labute approximate surface area is 77.3 Å². The van der Waals surface area contributed by atoms with E-state index in [0.29, 0.717) is 12.1 Å². The number of azide groups is 1. The van der Waals surface area contributed by atoms with Gasteiger partial charge in [-0.3, -0.25) is 4.79 Å². The van der Waals surface area contributed by atoms with Crippen molar-refractivity contribution in [3.05, 3.63) is 21.7 Å². The highest BCUT2D eigenvalue weighted by molar-refractivity contribution is 5.97. The van der Waals surface area contributed by atoms with Gasteiger partial charge < -0.3 is 0 Å². The second-order valence-corrected chi connectivity index (χ2v) is 4.26. The van der Waals surface area contributed by atoms with Crippen molar-refractivity contribution in [2.45, 2.75) is 33.6 Å². The molecule has 1 rings (SSSR count). The molecule has 0 amide bonds. The van der Waals surface area contributed by atoms with Crippen molar-refractivity contribution in [3.63, 3.8) is 0 Å². The molecule has 0 aromatic rings. The quantitative estimate of drug-likeness (QED) is 0.346. The molecule has 4 nitrogen and oxygen atoms in total. The molecule has 0 aliphatic heterocycles. The van der Waals surface area contributed by atoms with Gasteiger partial charge in [0, 0.05) is 11.3 Å². The Balaban J connectivity index is 3.08. The van der Waals surface area contributed by atoms with Gasteiger partial charge in [-0.15, -0.1) is 0 Å². The van der Waals surface area contributed by atoms with Crippen molar-refractivity contribution >= 4 is 5.78 Å². The Hall–Kier alpha value is -1.28. The van der Waals surface area contributed by atoms with Crippen LogP contribution >= 0.6 is 0 Å². The lowest BCUT2D eigenvalue weighted by molar-refractivity contribution is -0.118. The molecule has 0 unspecified atom stereocenters. The van der Waals surface area contributed by atoms with Gasteiger partial charge in [0.2, 0.25) is 0 Å². The first-order valence-corrected chi connectivity index (χ1v) is 4.24. The van der Waals surface area contributed by atoms with Crippen LogP contribution < -0.4 is 0 Å². The molecule has 0 heterocycles. The summed E-state index contributed by atoms with van der Waals surface area (Å²) in [6.45, 7) is 5.94. The lowest BCUT2D eigenvalue weighted by Crippen LogP contribution is -2.24. The van der Waals surface area contributed by atoms with Gasteiger partial charge in [-0.2, -0.15) is 0 Å². The number of ketones is 1. The van der Waals surface area contributed by atoms with Crippen molar-refractivity contribution < 1.29 is 4.79 Å². The molecule has 1 aliphatic carbocycles. The predicted octanol–water partition coefficient (Wildman–Crippen LogP) is 2.96. The fourth-order valence-corrected chi connectivity index (χ4v) is 1.81. The zero-order chi connectivity index (χ0) is 10.1. The molecule has 13 heavy (non-hydrogen) atoms. The third-order valence-corrected chi connectivity index (χ3v) is 2.20. The van der Waals surface area contributed by atoms with E-state index in [2.05, 4.69) is 10.0 Å². The fourth-order valence-electron chi connectivity index (χ4n) is 1.81. The molecular formula is C9H13N3O. The molecule has 0 fully saturated rings. The zero-order valence-electron chi connectivity index (χ0n) is 8.16. The molecule has 0 atom stereocenters. The molecule has 0 bridgehead atoms. The van der Waals surface area contributed by atoms with Gasteiger partial charge in [0.15, 0.2) is 5.78 Å². The Morgan fingerprint density at radius 1 is 1.46 bits per heavy atom. The Morgan fingerprint density at radius 3 is 2.54 bits per heavy atom. The van der Waals surface area contributed by atoms with Crippen LogP contribution in [0.2, 0.25) is 0 Å². The van der Waals surface area contributed by atoms with Gasteiger partial charge in [-0.25, -0.2) is 0 Å². The maximum Gasteiger partial charge on any atom is 0.165 e. The molecule has 1 aliphatic rings. The summed E-state index contributed by atoms with van der Waals surface area (Å²) in [6.07, 6.45) is 1.30. The van der Waals surface area contributed by atoms with Gasteiger partial charge in [0.1, 0.15) is 0 Å². The lowest BCUT2D eigenvalue weighted by Gasteiger charge is -2.29. The lowest BCUT2D eigenvalue weighted by atomic mass is 9.76. The summed E-state index contributed by atoms with van der Waals surface area (Å²) in [5.74, 6) is -0.0356. The summed E-state index contributed by atoms with van der Waals surface area (Å²) in [6, 6.07) is 0. The van der Waals surface area contributed by atoms with Gasteiger partial charge in [-0.05, 0) is 24.3 Å². The monoisotopic (exact) mass is 179 g/mol. The van der Waals surface area contributed by atoms with E-state index in [1.54, 1.807) is 0 Å². The first-order chi connectivity index (χ1) is 5.96. The minimum Gasteiger partial charge on any atom is -0.294 e. The fraction of sp³-hybridized carbons (Fsp3) is 0.667. The third-order valence-electron chi connectivity index (χ3n) is 2.20. The van der Waals surface area contributed by atoms with Crippen LogP contribution in [0.3, 0.4) is 0 Å². The van der Waals surface area contributed by atoms with Gasteiger partial charge in [0.25, 0.3) is 0 Å². The van der Waals surface area contributed by atoms with Crippen LogP contribution in [-0.4, -0.2) is 5.78 Å². The topological polar surface area (TPSA) is 65.8 Å². The number of rotatable bonds is 1. The first-order valence-electron chi connectivity index (χ1n) is 4.24. The second kappa shape index (κ2) is 3.23. The summed E-state index contributed by atoms with van der Waals surface area (Å²) >= 11 is 0.